The largest absolute Gasteiger partial charge is 0.354 e. The van der Waals surface area contributed by atoms with Crippen LogP contribution in [0, 0.1) is 11.3 Å². The van der Waals surface area contributed by atoms with Crippen molar-refractivity contribution in [3.05, 3.63) is 71.6 Å². The van der Waals surface area contributed by atoms with Crippen LogP contribution in [-0.4, -0.2) is 4.57 Å². The van der Waals surface area contributed by atoms with Gasteiger partial charge in [0.15, 0.2) is 0 Å². The highest BCUT2D eigenvalue weighted by Crippen LogP contribution is 2.30. The van der Waals surface area contributed by atoms with E-state index in [2.05, 4.69) is 75.9 Å². The average molecular weight is 292 g/mol. The van der Waals surface area contributed by atoms with E-state index >= 15 is 0 Å². The van der Waals surface area contributed by atoms with E-state index in [9.17, 15) is 0 Å². The normalized spacial score (nSPS) is 12.5. The number of hydrogen-bond donors (Lipinski definition) is 0. The first-order valence-electron chi connectivity index (χ1n) is 7.59. The molecule has 0 bridgehead atoms. The molecule has 0 atom stereocenters. The fraction of sp³-hybridized carbons (Fsp3) is 0.350. The molecule has 0 aliphatic heterocycles. The van der Waals surface area contributed by atoms with E-state index < -0.39 is 0 Å². The molecular weight excluding hydrogens is 268 g/mol. The molecule has 114 valence electrons. The summed E-state index contributed by atoms with van der Waals surface area (Å²) in [6.07, 6.45) is 6.62. The van der Waals surface area contributed by atoms with Crippen LogP contribution >= 0.6 is 0 Å². The molecule has 22 heavy (non-hydrogen) atoms. The van der Waals surface area contributed by atoms with Crippen molar-refractivity contribution in [3.8, 4) is 6.07 Å². The van der Waals surface area contributed by atoms with Gasteiger partial charge in [-0.1, -0.05) is 52.0 Å². The molecule has 1 aromatic heterocycles. The molecule has 0 saturated heterocycles. The monoisotopic (exact) mass is 292 g/mol. The van der Waals surface area contributed by atoms with Crippen LogP contribution < -0.4 is 0 Å². The Morgan fingerprint density at radius 2 is 1.55 bits per heavy atom. The number of benzene rings is 1. The number of nitrogens with zero attached hydrogens (tertiary/aromatic N) is 2. The van der Waals surface area contributed by atoms with E-state index in [1.807, 2.05) is 24.3 Å². The molecule has 2 nitrogen and oxygen atoms in total. The highest BCUT2D eigenvalue weighted by molar-refractivity contribution is 5.37. The number of nitriles is 1. The van der Waals surface area contributed by atoms with Gasteiger partial charge >= 0.3 is 0 Å². The summed E-state index contributed by atoms with van der Waals surface area (Å²) >= 11 is 0. The summed E-state index contributed by atoms with van der Waals surface area (Å²) in [5.41, 5.74) is 3.11. The van der Waals surface area contributed by atoms with Crippen molar-refractivity contribution in [3.63, 3.8) is 0 Å². The lowest BCUT2D eigenvalue weighted by molar-refractivity contribution is 0.589. The maximum Gasteiger partial charge on any atom is 0.0991 e. The van der Waals surface area contributed by atoms with Crippen molar-refractivity contribution in [2.24, 2.45) is 7.05 Å². The summed E-state index contributed by atoms with van der Waals surface area (Å²) in [5.74, 6) is 0. The minimum Gasteiger partial charge on any atom is -0.354 e. The summed E-state index contributed by atoms with van der Waals surface area (Å²) in [6.45, 7) is 8.86. The summed E-state index contributed by atoms with van der Waals surface area (Å²) in [5, 5.41) is 8.91. The van der Waals surface area contributed by atoms with Gasteiger partial charge in [0.25, 0.3) is 0 Å². The number of allylic oxidation sites excluding steroid dienone is 2. The van der Waals surface area contributed by atoms with E-state index in [0.29, 0.717) is 5.56 Å². The summed E-state index contributed by atoms with van der Waals surface area (Å²) in [6, 6.07) is 14.3. The predicted octanol–water partition coefficient (Wildman–Crippen LogP) is 4.71. The van der Waals surface area contributed by atoms with Gasteiger partial charge in [0, 0.05) is 29.8 Å². The summed E-state index contributed by atoms with van der Waals surface area (Å²) in [7, 11) is 2.08. The summed E-state index contributed by atoms with van der Waals surface area (Å²) in [4.78, 5) is 0. The standard InChI is InChI=1S/C20H24N2/c1-19(2,17-10-8-16(15-21)9-11-17)12-13-20(3,4)18-7-6-14-22(18)5/h6-14H,1-5H3/b13-12+. The molecule has 0 fully saturated rings. The lowest BCUT2D eigenvalue weighted by Gasteiger charge is -2.26. The van der Waals surface area contributed by atoms with Crippen LogP contribution in [0.1, 0.15) is 44.5 Å². The molecule has 0 spiro atoms. The van der Waals surface area contributed by atoms with Crippen LogP contribution in [0.15, 0.2) is 54.7 Å². The second kappa shape index (κ2) is 5.85. The first kappa shape index (κ1) is 16.1. The molecule has 0 amide bonds. The third-order valence-corrected chi connectivity index (χ3v) is 4.28. The van der Waals surface area contributed by atoms with Crippen LogP contribution in [-0.2, 0) is 17.9 Å². The van der Waals surface area contributed by atoms with Crippen LogP contribution in [0.4, 0.5) is 0 Å². The summed E-state index contributed by atoms with van der Waals surface area (Å²) < 4.78 is 2.17. The van der Waals surface area contributed by atoms with Crippen molar-refractivity contribution in [2.45, 2.75) is 38.5 Å². The van der Waals surface area contributed by atoms with Gasteiger partial charge < -0.3 is 4.57 Å². The van der Waals surface area contributed by atoms with Gasteiger partial charge in [0.1, 0.15) is 0 Å². The van der Waals surface area contributed by atoms with Crippen molar-refractivity contribution in [1.29, 1.82) is 5.26 Å². The molecule has 1 aromatic carbocycles. The fourth-order valence-electron chi connectivity index (χ4n) is 2.70. The average Bonchev–Trinajstić information content (AvgIpc) is 2.93. The number of hydrogen-bond acceptors (Lipinski definition) is 1. The Hall–Kier alpha value is -2.27. The van der Waals surface area contributed by atoms with Gasteiger partial charge in [0.2, 0.25) is 0 Å². The smallest absolute Gasteiger partial charge is 0.0991 e. The van der Waals surface area contributed by atoms with Crippen LogP contribution in [0.25, 0.3) is 0 Å². The Morgan fingerprint density at radius 1 is 0.955 bits per heavy atom. The Labute approximate surface area is 133 Å². The topological polar surface area (TPSA) is 28.7 Å². The Bertz CT molecular complexity index is 707. The minimum atomic E-state index is -0.0730. The van der Waals surface area contributed by atoms with Gasteiger partial charge in [-0.3, -0.25) is 0 Å². The quantitative estimate of drug-likeness (QED) is 0.750. The molecule has 0 N–H and O–H groups in total. The molecule has 0 radical (unpaired) electrons. The van der Waals surface area contributed by atoms with E-state index in [-0.39, 0.29) is 10.8 Å². The molecule has 0 aliphatic rings. The van der Waals surface area contributed by atoms with Crippen molar-refractivity contribution in [2.75, 3.05) is 0 Å². The van der Waals surface area contributed by atoms with E-state index in [1.165, 1.54) is 11.3 Å². The van der Waals surface area contributed by atoms with E-state index in [1.54, 1.807) is 0 Å². The van der Waals surface area contributed by atoms with Gasteiger partial charge in [-0.15, -0.1) is 0 Å². The SMILES string of the molecule is Cn1cccc1C(C)(C)/C=C/C(C)(C)c1ccc(C#N)cc1. The highest BCUT2D eigenvalue weighted by Gasteiger charge is 2.23. The molecular formula is C20H24N2. The maximum atomic E-state index is 8.91. The predicted molar refractivity (Wildman–Crippen MR) is 91.8 cm³/mol. The number of rotatable bonds is 4. The van der Waals surface area contributed by atoms with Crippen molar-refractivity contribution in [1.82, 2.24) is 4.57 Å². The van der Waals surface area contributed by atoms with Crippen molar-refractivity contribution >= 4 is 0 Å². The van der Waals surface area contributed by atoms with Crippen LogP contribution in [0.3, 0.4) is 0 Å². The minimum absolute atomic E-state index is 0.0257. The highest BCUT2D eigenvalue weighted by atomic mass is 14.9. The Morgan fingerprint density at radius 3 is 2.05 bits per heavy atom. The molecule has 2 aromatic rings. The molecule has 2 rings (SSSR count). The van der Waals surface area contributed by atoms with Gasteiger partial charge in [0.05, 0.1) is 11.6 Å². The second-order valence-electron chi connectivity index (χ2n) is 6.97. The molecule has 0 saturated carbocycles. The third-order valence-electron chi connectivity index (χ3n) is 4.28. The second-order valence-corrected chi connectivity index (χ2v) is 6.97. The Balaban J connectivity index is 2.27. The molecule has 0 unspecified atom stereocenters. The molecule has 0 aliphatic carbocycles. The van der Waals surface area contributed by atoms with Gasteiger partial charge in [-0.25, -0.2) is 0 Å². The van der Waals surface area contributed by atoms with Crippen LogP contribution in [0.2, 0.25) is 0 Å². The number of aryl methyl sites for hydroxylation is 1. The zero-order valence-electron chi connectivity index (χ0n) is 14.1. The van der Waals surface area contributed by atoms with Gasteiger partial charge in [-0.05, 0) is 29.8 Å². The lowest BCUT2D eigenvalue weighted by atomic mass is 9.80. The fourth-order valence-corrected chi connectivity index (χ4v) is 2.70. The van der Waals surface area contributed by atoms with Gasteiger partial charge in [-0.2, -0.15) is 5.26 Å². The number of aromatic nitrogens is 1. The zero-order valence-corrected chi connectivity index (χ0v) is 14.1. The van der Waals surface area contributed by atoms with E-state index in [0.717, 1.165) is 0 Å². The van der Waals surface area contributed by atoms with Crippen molar-refractivity contribution < 1.29 is 0 Å². The third kappa shape index (κ3) is 3.31. The molecule has 2 heteroatoms. The first-order chi connectivity index (χ1) is 10.3. The van der Waals surface area contributed by atoms with E-state index in [4.69, 9.17) is 5.26 Å². The lowest BCUT2D eigenvalue weighted by Crippen LogP contribution is -2.20. The molecule has 1 heterocycles. The zero-order chi connectivity index (χ0) is 16.4. The maximum absolute atomic E-state index is 8.91. The Kier molecular flexibility index (Phi) is 4.28. The van der Waals surface area contributed by atoms with Crippen LogP contribution in [0.5, 0.6) is 0 Å². The first-order valence-corrected chi connectivity index (χ1v) is 7.59.